The predicted molar refractivity (Wildman–Crippen MR) is 74.8 cm³/mol. The molecule has 0 radical (unpaired) electrons. The van der Waals surface area contributed by atoms with Gasteiger partial charge in [-0.3, -0.25) is 4.79 Å². The van der Waals surface area contributed by atoms with Gasteiger partial charge in [-0.2, -0.15) is 0 Å². The van der Waals surface area contributed by atoms with Crippen LogP contribution < -0.4 is 4.74 Å². The molecule has 0 saturated heterocycles. The van der Waals surface area contributed by atoms with Crippen molar-refractivity contribution in [2.24, 2.45) is 0 Å². The maximum absolute atomic E-state index is 11.3. The summed E-state index contributed by atoms with van der Waals surface area (Å²) in [6.07, 6.45) is 2.09. The zero-order valence-corrected chi connectivity index (χ0v) is 11.6. The molecule has 0 bridgehead atoms. The largest absolute Gasteiger partial charge is 0.507 e. The molecule has 0 amide bonds. The Hall–Kier alpha value is -3.03. The van der Waals surface area contributed by atoms with Crippen LogP contribution in [0.3, 0.4) is 0 Å². The Morgan fingerprint density at radius 2 is 2.09 bits per heavy atom. The van der Waals surface area contributed by atoms with Gasteiger partial charge in [-0.05, 0) is 18.2 Å². The zero-order valence-electron chi connectivity index (χ0n) is 11.6. The molecule has 0 aliphatic rings. The van der Waals surface area contributed by atoms with Crippen LogP contribution in [-0.2, 0) is 9.59 Å². The van der Waals surface area contributed by atoms with E-state index >= 15 is 0 Å². The van der Waals surface area contributed by atoms with Crippen LogP contribution in [0.15, 0.2) is 30.6 Å². The van der Waals surface area contributed by atoms with Gasteiger partial charge in [0.2, 0.25) is 0 Å². The van der Waals surface area contributed by atoms with Crippen molar-refractivity contribution in [2.45, 2.75) is 12.5 Å². The van der Waals surface area contributed by atoms with Crippen LogP contribution in [0.25, 0.3) is 11.4 Å². The standard InChI is InChI=1S/C14H14N2O6/c1-22-8-2-3-11(17)9(6-8)13-15-4-5-16(13)10(14(20)21)7-12(18)19/h2-6,10,17H,7H2,1H3,(H,18,19)(H,20,21). The Labute approximate surface area is 125 Å². The number of benzene rings is 1. The summed E-state index contributed by atoms with van der Waals surface area (Å²) in [5.41, 5.74) is 0.251. The summed E-state index contributed by atoms with van der Waals surface area (Å²) in [7, 11) is 1.45. The van der Waals surface area contributed by atoms with Crippen LogP contribution >= 0.6 is 0 Å². The maximum atomic E-state index is 11.3. The van der Waals surface area contributed by atoms with E-state index in [1.54, 1.807) is 0 Å². The number of carbonyl (C=O) groups is 2. The number of carboxylic acid groups (broad SMARTS) is 2. The summed E-state index contributed by atoms with van der Waals surface area (Å²) in [4.78, 5) is 26.2. The van der Waals surface area contributed by atoms with Crippen LogP contribution in [0.2, 0.25) is 0 Å². The van der Waals surface area contributed by atoms with Gasteiger partial charge in [0, 0.05) is 12.4 Å². The summed E-state index contributed by atoms with van der Waals surface area (Å²) in [6, 6.07) is 3.09. The molecule has 0 spiro atoms. The number of phenols is 1. The van der Waals surface area contributed by atoms with E-state index < -0.39 is 24.4 Å². The third-order valence-corrected chi connectivity index (χ3v) is 3.10. The number of hydrogen-bond acceptors (Lipinski definition) is 5. The minimum Gasteiger partial charge on any atom is -0.507 e. The Kier molecular flexibility index (Phi) is 4.31. The fourth-order valence-electron chi connectivity index (χ4n) is 2.06. The highest BCUT2D eigenvalue weighted by atomic mass is 16.5. The van der Waals surface area contributed by atoms with Crippen molar-refractivity contribution in [3.63, 3.8) is 0 Å². The second-order valence-corrected chi connectivity index (χ2v) is 4.49. The van der Waals surface area contributed by atoms with E-state index in [1.807, 2.05) is 0 Å². The number of rotatable bonds is 6. The van der Waals surface area contributed by atoms with Crippen LogP contribution in [0.5, 0.6) is 11.5 Å². The van der Waals surface area contributed by atoms with Crippen molar-refractivity contribution in [3.05, 3.63) is 30.6 Å². The molecule has 1 atom stereocenters. The lowest BCUT2D eigenvalue weighted by Gasteiger charge is -2.16. The number of imidazole rings is 1. The first-order chi connectivity index (χ1) is 10.4. The number of carboxylic acids is 2. The summed E-state index contributed by atoms with van der Waals surface area (Å²) in [6.45, 7) is 0. The van der Waals surface area contributed by atoms with Gasteiger partial charge in [0.15, 0.2) is 0 Å². The van der Waals surface area contributed by atoms with E-state index in [2.05, 4.69) is 4.98 Å². The second-order valence-electron chi connectivity index (χ2n) is 4.49. The average Bonchev–Trinajstić information content (AvgIpc) is 2.93. The Balaban J connectivity index is 2.53. The van der Waals surface area contributed by atoms with Crippen LogP contribution in [0, 0.1) is 0 Å². The monoisotopic (exact) mass is 306 g/mol. The van der Waals surface area contributed by atoms with E-state index in [9.17, 15) is 19.8 Å². The molecule has 1 aromatic heterocycles. The van der Waals surface area contributed by atoms with E-state index in [1.165, 1.54) is 42.3 Å². The molecule has 8 nitrogen and oxygen atoms in total. The molecule has 1 heterocycles. The van der Waals surface area contributed by atoms with Gasteiger partial charge in [-0.15, -0.1) is 0 Å². The summed E-state index contributed by atoms with van der Waals surface area (Å²) in [5, 5.41) is 28.1. The van der Waals surface area contributed by atoms with Gasteiger partial charge >= 0.3 is 11.9 Å². The quantitative estimate of drug-likeness (QED) is 0.736. The number of hydrogen-bond donors (Lipinski definition) is 3. The van der Waals surface area contributed by atoms with Gasteiger partial charge in [-0.25, -0.2) is 9.78 Å². The number of nitrogens with zero attached hydrogens (tertiary/aromatic N) is 2. The molecule has 116 valence electrons. The Morgan fingerprint density at radius 3 is 2.68 bits per heavy atom. The van der Waals surface area contributed by atoms with Crippen molar-refractivity contribution in [3.8, 4) is 22.9 Å². The van der Waals surface area contributed by atoms with Crippen LogP contribution in [-0.4, -0.2) is 43.9 Å². The van der Waals surface area contributed by atoms with E-state index in [0.29, 0.717) is 5.75 Å². The Bertz CT molecular complexity index is 709. The minimum atomic E-state index is -1.33. The highest BCUT2D eigenvalue weighted by molar-refractivity contribution is 5.80. The van der Waals surface area contributed by atoms with Gasteiger partial charge in [0.1, 0.15) is 23.4 Å². The lowest BCUT2D eigenvalue weighted by Crippen LogP contribution is -2.22. The molecule has 0 saturated carbocycles. The van der Waals surface area contributed by atoms with Crippen molar-refractivity contribution in [1.29, 1.82) is 0 Å². The lowest BCUT2D eigenvalue weighted by atomic mass is 10.1. The molecule has 0 aliphatic carbocycles. The third-order valence-electron chi connectivity index (χ3n) is 3.10. The predicted octanol–water partition coefficient (Wildman–Crippen LogP) is 1.36. The van der Waals surface area contributed by atoms with Crippen molar-refractivity contribution in [2.75, 3.05) is 7.11 Å². The smallest absolute Gasteiger partial charge is 0.327 e. The number of methoxy groups -OCH3 is 1. The minimum absolute atomic E-state index is 0.118. The lowest BCUT2D eigenvalue weighted by molar-refractivity contribution is -0.147. The zero-order chi connectivity index (χ0) is 16.3. The van der Waals surface area contributed by atoms with Crippen molar-refractivity contribution < 1.29 is 29.6 Å². The van der Waals surface area contributed by atoms with Crippen molar-refractivity contribution in [1.82, 2.24) is 9.55 Å². The van der Waals surface area contributed by atoms with E-state index in [0.717, 1.165) is 0 Å². The van der Waals surface area contributed by atoms with Gasteiger partial charge in [0.05, 0.1) is 19.1 Å². The molecular weight excluding hydrogens is 292 g/mol. The molecule has 2 rings (SSSR count). The van der Waals surface area contributed by atoms with Gasteiger partial charge in [0.25, 0.3) is 0 Å². The normalized spacial score (nSPS) is 11.9. The second kappa shape index (κ2) is 6.17. The highest BCUT2D eigenvalue weighted by Crippen LogP contribution is 2.33. The first-order valence-electron chi connectivity index (χ1n) is 6.29. The molecule has 1 aromatic carbocycles. The summed E-state index contributed by atoms with van der Waals surface area (Å²) >= 11 is 0. The number of aliphatic carboxylic acids is 2. The highest BCUT2D eigenvalue weighted by Gasteiger charge is 2.26. The summed E-state index contributed by atoms with van der Waals surface area (Å²) in [5.74, 6) is -2.07. The molecule has 22 heavy (non-hydrogen) atoms. The van der Waals surface area contributed by atoms with Crippen LogP contribution in [0.1, 0.15) is 12.5 Å². The topological polar surface area (TPSA) is 122 Å². The molecule has 2 aromatic rings. The van der Waals surface area contributed by atoms with E-state index in [4.69, 9.17) is 9.84 Å². The Morgan fingerprint density at radius 1 is 1.36 bits per heavy atom. The van der Waals surface area contributed by atoms with Crippen molar-refractivity contribution >= 4 is 11.9 Å². The molecule has 1 unspecified atom stereocenters. The molecular formula is C14H14N2O6. The average molecular weight is 306 g/mol. The van der Waals surface area contributed by atoms with Gasteiger partial charge in [-0.1, -0.05) is 0 Å². The maximum Gasteiger partial charge on any atom is 0.327 e. The molecule has 0 aliphatic heterocycles. The number of aromatic nitrogens is 2. The SMILES string of the molecule is COc1ccc(O)c(-c2nccn2C(CC(=O)O)C(=O)O)c1. The summed E-state index contributed by atoms with van der Waals surface area (Å²) < 4.78 is 6.26. The van der Waals surface area contributed by atoms with Gasteiger partial charge < -0.3 is 24.6 Å². The third kappa shape index (κ3) is 3.00. The fraction of sp³-hybridized carbons (Fsp3) is 0.214. The number of aromatic hydroxyl groups is 1. The fourth-order valence-corrected chi connectivity index (χ4v) is 2.06. The number of phenolic OH excluding ortho intramolecular Hbond substituents is 1. The first-order valence-corrected chi connectivity index (χ1v) is 6.29. The molecule has 8 heteroatoms. The van der Waals surface area contributed by atoms with Crippen LogP contribution in [0.4, 0.5) is 0 Å². The first kappa shape index (κ1) is 15.4. The van der Waals surface area contributed by atoms with E-state index in [-0.39, 0.29) is 17.1 Å². The number of ether oxygens (including phenoxy) is 1. The molecule has 3 N–H and O–H groups in total. The molecule has 0 fully saturated rings.